The average molecular weight is 327 g/mol. The lowest BCUT2D eigenvalue weighted by atomic mass is 9.97. The zero-order chi connectivity index (χ0) is 17.4. The van der Waals surface area contributed by atoms with Crippen LogP contribution in [0.2, 0.25) is 0 Å². The summed E-state index contributed by atoms with van der Waals surface area (Å²) < 4.78 is 10.7. The molecule has 128 valence electrons. The van der Waals surface area contributed by atoms with Crippen molar-refractivity contribution in [1.82, 2.24) is 5.32 Å². The fraction of sp³-hybridized carbons (Fsp3) is 0.350. The first-order valence-corrected chi connectivity index (χ1v) is 8.19. The molecule has 0 bridgehead atoms. The van der Waals surface area contributed by atoms with Crippen molar-refractivity contribution in [3.8, 4) is 11.5 Å². The number of ether oxygens (including phenoxy) is 2. The first-order chi connectivity index (χ1) is 11.6. The molecule has 0 aliphatic rings. The lowest BCUT2D eigenvalue weighted by Gasteiger charge is -2.21. The molecule has 0 saturated heterocycles. The highest BCUT2D eigenvalue weighted by molar-refractivity contribution is 5.78. The molecule has 1 N–H and O–H groups in total. The standard InChI is InChI=1S/C20H25NO3/c1-15(2)13-19(16-9-11-17(23-3)12-10-16)21-20(22)14-24-18-7-5-4-6-8-18/h4-12,15,19H,13-14H2,1-3H3,(H,21,22)/t19-/m1/s1. The van der Waals surface area contributed by atoms with Crippen molar-refractivity contribution in [3.63, 3.8) is 0 Å². The molecule has 0 aliphatic heterocycles. The Labute approximate surface area is 143 Å². The number of hydrogen-bond donors (Lipinski definition) is 1. The maximum atomic E-state index is 12.2. The van der Waals surface area contributed by atoms with Crippen molar-refractivity contribution in [2.45, 2.75) is 26.3 Å². The van der Waals surface area contributed by atoms with Crippen LogP contribution >= 0.6 is 0 Å². The van der Waals surface area contributed by atoms with Gasteiger partial charge < -0.3 is 14.8 Å². The average Bonchev–Trinajstić information content (AvgIpc) is 2.60. The Morgan fingerprint density at radius 3 is 2.25 bits per heavy atom. The third kappa shape index (κ3) is 5.61. The predicted octanol–water partition coefficient (Wildman–Crippen LogP) is 3.98. The maximum absolute atomic E-state index is 12.2. The highest BCUT2D eigenvalue weighted by atomic mass is 16.5. The highest BCUT2D eigenvalue weighted by Gasteiger charge is 2.16. The summed E-state index contributed by atoms with van der Waals surface area (Å²) in [7, 11) is 1.64. The first-order valence-electron chi connectivity index (χ1n) is 8.19. The van der Waals surface area contributed by atoms with Crippen molar-refractivity contribution < 1.29 is 14.3 Å². The van der Waals surface area contributed by atoms with Gasteiger partial charge in [0.2, 0.25) is 0 Å². The minimum atomic E-state index is -0.125. The van der Waals surface area contributed by atoms with Crippen LogP contribution in [0.3, 0.4) is 0 Å². The quantitative estimate of drug-likeness (QED) is 0.798. The van der Waals surface area contributed by atoms with Gasteiger partial charge >= 0.3 is 0 Å². The van der Waals surface area contributed by atoms with E-state index in [0.29, 0.717) is 11.7 Å². The van der Waals surface area contributed by atoms with Crippen LogP contribution in [0, 0.1) is 5.92 Å². The molecule has 0 spiro atoms. The van der Waals surface area contributed by atoms with Gasteiger partial charge in [-0.1, -0.05) is 44.2 Å². The van der Waals surface area contributed by atoms with Crippen molar-refractivity contribution in [2.75, 3.05) is 13.7 Å². The summed E-state index contributed by atoms with van der Waals surface area (Å²) in [5.74, 6) is 1.84. The first kappa shape index (κ1) is 17.9. The number of rotatable bonds is 8. The number of methoxy groups -OCH3 is 1. The van der Waals surface area contributed by atoms with Crippen LogP contribution < -0.4 is 14.8 Å². The van der Waals surface area contributed by atoms with Gasteiger partial charge in [0.25, 0.3) is 5.91 Å². The lowest BCUT2D eigenvalue weighted by molar-refractivity contribution is -0.124. The molecule has 0 heterocycles. The van der Waals surface area contributed by atoms with Gasteiger partial charge in [-0.3, -0.25) is 4.79 Å². The summed E-state index contributed by atoms with van der Waals surface area (Å²) in [6.45, 7) is 4.29. The second-order valence-corrected chi connectivity index (χ2v) is 6.12. The summed E-state index contributed by atoms with van der Waals surface area (Å²) >= 11 is 0. The van der Waals surface area contributed by atoms with E-state index >= 15 is 0 Å². The smallest absolute Gasteiger partial charge is 0.258 e. The van der Waals surface area contributed by atoms with Crippen molar-refractivity contribution >= 4 is 5.91 Å². The van der Waals surface area contributed by atoms with Crippen LogP contribution in [0.25, 0.3) is 0 Å². The number of carbonyl (C=O) groups excluding carboxylic acids is 1. The molecule has 24 heavy (non-hydrogen) atoms. The SMILES string of the molecule is COc1ccc([C@@H](CC(C)C)NC(=O)COc2ccccc2)cc1. The van der Waals surface area contributed by atoms with Crippen molar-refractivity contribution in [2.24, 2.45) is 5.92 Å². The van der Waals surface area contributed by atoms with Crippen molar-refractivity contribution in [1.29, 1.82) is 0 Å². The van der Waals surface area contributed by atoms with Gasteiger partial charge in [-0.05, 0) is 42.2 Å². The second-order valence-electron chi connectivity index (χ2n) is 6.12. The zero-order valence-corrected chi connectivity index (χ0v) is 14.5. The fourth-order valence-corrected chi connectivity index (χ4v) is 2.49. The second kappa shape index (κ2) is 8.96. The predicted molar refractivity (Wildman–Crippen MR) is 95.3 cm³/mol. The summed E-state index contributed by atoms with van der Waals surface area (Å²) in [5.41, 5.74) is 1.07. The van der Waals surface area contributed by atoms with Gasteiger partial charge in [0, 0.05) is 0 Å². The molecule has 0 saturated carbocycles. The number of amides is 1. The number of nitrogens with one attached hydrogen (secondary N) is 1. The van der Waals surface area contributed by atoms with Crippen LogP contribution in [0.1, 0.15) is 31.9 Å². The Morgan fingerprint density at radius 1 is 1.00 bits per heavy atom. The number of benzene rings is 2. The molecular weight excluding hydrogens is 302 g/mol. The van der Waals surface area contributed by atoms with Gasteiger partial charge in [0.05, 0.1) is 13.2 Å². The molecule has 2 aromatic carbocycles. The van der Waals surface area contributed by atoms with E-state index < -0.39 is 0 Å². The Balaban J connectivity index is 1.97. The Kier molecular flexibility index (Phi) is 6.67. The van der Waals surface area contributed by atoms with Gasteiger partial charge in [0.15, 0.2) is 6.61 Å². The molecule has 1 atom stereocenters. The molecule has 4 heteroatoms. The van der Waals surface area contributed by atoms with Gasteiger partial charge in [0.1, 0.15) is 11.5 Å². The lowest BCUT2D eigenvalue weighted by Crippen LogP contribution is -2.33. The molecule has 4 nitrogen and oxygen atoms in total. The molecule has 2 aromatic rings. The van der Waals surface area contributed by atoms with Gasteiger partial charge in [-0.25, -0.2) is 0 Å². The van der Waals surface area contributed by atoms with Gasteiger partial charge in [-0.15, -0.1) is 0 Å². The minimum Gasteiger partial charge on any atom is -0.497 e. The van der Waals surface area contributed by atoms with Crippen LogP contribution in [-0.2, 0) is 4.79 Å². The largest absolute Gasteiger partial charge is 0.497 e. The topological polar surface area (TPSA) is 47.6 Å². The van der Waals surface area contributed by atoms with E-state index in [-0.39, 0.29) is 18.6 Å². The maximum Gasteiger partial charge on any atom is 0.258 e. The van der Waals surface area contributed by atoms with E-state index in [4.69, 9.17) is 9.47 Å². The third-order valence-electron chi connectivity index (χ3n) is 3.67. The Hall–Kier alpha value is -2.49. The van der Waals surface area contributed by atoms with E-state index in [9.17, 15) is 4.79 Å². The monoisotopic (exact) mass is 327 g/mol. The molecule has 0 aliphatic carbocycles. The van der Waals surface area contributed by atoms with Crippen LogP contribution in [0.15, 0.2) is 54.6 Å². The third-order valence-corrected chi connectivity index (χ3v) is 3.67. The Morgan fingerprint density at radius 2 is 1.67 bits per heavy atom. The molecule has 0 fully saturated rings. The van der Waals surface area contributed by atoms with E-state index in [1.807, 2.05) is 54.6 Å². The Bertz CT molecular complexity index is 623. The molecule has 0 aromatic heterocycles. The van der Waals surface area contributed by atoms with E-state index in [1.54, 1.807) is 7.11 Å². The summed E-state index contributed by atoms with van der Waals surface area (Å²) in [4.78, 5) is 12.2. The summed E-state index contributed by atoms with van der Waals surface area (Å²) in [6, 6.07) is 17.1. The molecule has 0 radical (unpaired) electrons. The number of para-hydroxylation sites is 1. The van der Waals surface area contributed by atoms with Gasteiger partial charge in [-0.2, -0.15) is 0 Å². The molecule has 0 unspecified atom stereocenters. The van der Waals surface area contributed by atoms with E-state index in [1.165, 1.54) is 0 Å². The summed E-state index contributed by atoms with van der Waals surface area (Å²) in [6.07, 6.45) is 0.864. The van der Waals surface area contributed by atoms with Crippen LogP contribution in [0.4, 0.5) is 0 Å². The van der Waals surface area contributed by atoms with Crippen LogP contribution in [-0.4, -0.2) is 19.6 Å². The van der Waals surface area contributed by atoms with Crippen LogP contribution in [0.5, 0.6) is 11.5 Å². The molecule has 1 amide bonds. The zero-order valence-electron chi connectivity index (χ0n) is 14.5. The number of hydrogen-bond acceptors (Lipinski definition) is 3. The molecule has 2 rings (SSSR count). The van der Waals surface area contributed by atoms with Crippen molar-refractivity contribution in [3.05, 3.63) is 60.2 Å². The van der Waals surface area contributed by atoms with E-state index in [0.717, 1.165) is 17.7 Å². The summed E-state index contributed by atoms with van der Waals surface area (Å²) in [5, 5.41) is 3.07. The number of carbonyl (C=O) groups is 1. The minimum absolute atomic E-state index is 0.00869. The van der Waals surface area contributed by atoms with E-state index in [2.05, 4.69) is 19.2 Å². The highest BCUT2D eigenvalue weighted by Crippen LogP contribution is 2.23. The normalized spacial score (nSPS) is 11.8. The molecular formula is C20H25NO3. The fourth-order valence-electron chi connectivity index (χ4n) is 2.49.